The van der Waals surface area contributed by atoms with Crippen LogP contribution in [0.2, 0.25) is 0 Å². The fraction of sp³-hybridized carbons (Fsp3) is 0.412. The Hall–Kier alpha value is -1.92. The molecular formula is C17H22N4OS. The molecule has 0 atom stereocenters. The molecular weight excluding hydrogens is 308 g/mol. The normalized spacial score (nSPS) is 15.0. The third kappa shape index (κ3) is 4.09. The van der Waals surface area contributed by atoms with E-state index in [2.05, 4.69) is 22.0 Å². The van der Waals surface area contributed by atoms with Gasteiger partial charge >= 0.3 is 0 Å². The smallest absolute Gasteiger partial charge is 0.228 e. The lowest BCUT2D eigenvalue weighted by Gasteiger charge is -2.36. The van der Waals surface area contributed by atoms with Gasteiger partial charge in [-0.25, -0.2) is 4.98 Å². The van der Waals surface area contributed by atoms with Gasteiger partial charge in [-0.1, -0.05) is 18.2 Å². The van der Waals surface area contributed by atoms with Crippen molar-refractivity contribution in [3.63, 3.8) is 0 Å². The average Bonchev–Trinajstić information content (AvgIpc) is 3.03. The Bertz CT molecular complexity index is 635. The van der Waals surface area contributed by atoms with E-state index in [4.69, 9.17) is 5.73 Å². The number of thiazole rings is 1. The van der Waals surface area contributed by atoms with Crippen molar-refractivity contribution in [2.75, 3.05) is 37.6 Å². The molecule has 2 N–H and O–H groups in total. The standard InChI is InChI=1S/C17H22N4OS/c18-7-6-16-19-14(13-23-16)12-17(22)21-10-8-20(9-11-21)15-4-2-1-3-5-15/h1-5,13H,6-12,18H2. The molecule has 1 aliphatic rings. The lowest BCUT2D eigenvalue weighted by atomic mass is 10.2. The molecule has 1 amide bonds. The van der Waals surface area contributed by atoms with Gasteiger partial charge in [0, 0.05) is 43.7 Å². The summed E-state index contributed by atoms with van der Waals surface area (Å²) in [6, 6.07) is 10.4. The molecule has 2 aromatic rings. The van der Waals surface area contributed by atoms with Crippen molar-refractivity contribution in [1.29, 1.82) is 0 Å². The maximum absolute atomic E-state index is 12.4. The second-order valence-electron chi connectivity index (χ2n) is 5.65. The van der Waals surface area contributed by atoms with Gasteiger partial charge in [0.1, 0.15) is 0 Å². The van der Waals surface area contributed by atoms with E-state index in [9.17, 15) is 4.79 Å². The van der Waals surface area contributed by atoms with E-state index in [0.717, 1.165) is 43.3 Å². The predicted molar refractivity (Wildman–Crippen MR) is 93.8 cm³/mol. The summed E-state index contributed by atoms with van der Waals surface area (Å²) in [6.45, 7) is 3.90. The molecule has 5 nitrogen and oxygen atoms in total. The van der Waals surface area contributed by atoms with Gasteiger partial charge in [-0.05, 0) is 18.7 Å². The van der Waals surface area contributed by atoms with Gasteiger partial charge in [0.15, 0.2) is 0 Å². The van der Waals surface area contributed by atoms with Crippen molar-refractivity contribution < 1.29 is 4.79 Å². The number of carbonyl (C=O) groups is 1. The monoisotopic (exact) mass is 330 g/mol. The zero-order valence-electron chi connectivity index (χ0n) is 13.1. The quantitative estimate of drug-likeness (QED) is 0.903. The van der Waals surface area contributed by atoms with Gasteiger partial charge in [-0.2, -0.15) is 0 Å². The highest BCUT2D eigenvalue weighted by atomic mass is 32.1. The summed E-state index contributed by atoms with van der Waals surface area (Å²) in [6.07, 6.45) is 1.18. The number of nitrogens with two attached hydrogens (primary N) is 1. The fourth-order valence-electron chi connectivity index (χ4n) is 2.79. The fourth-order valence-corrected chi connectivity index (χ4v) is 3.60. The number of piperazine rings is 1. The second kappa shape index (κ2) is 7.57. The van der Waals surface area contributed by atoms with Crippen LogP contribution in [-0.4, -0.2) is 48.5 Å². The minimum absolute atomic E-state index is 0.169. The third-order valence-electron chi connectivity index (χ3n) is 4.04. The topological polar surface area (TPSA) is 62.5 Å². The van der Waals surface area contributed by atoms with E-state index >= 15 is 0 Å². The minimum atomic E-state index is 0.169. The summed E-state index contributed by atoms with van der Waals surface area (Å²) in [5, 5.41) is 2.99. The van der Waals surface area contributed by atoms with Crippen LogP contribution in [0.5, 0.6) is 0 Å². The number of hydrogen-bond donors (Lipinski definition) is 1. The number of hydrogen-bond acceptors (Lipinski definition) is 5. The number of rotatable bonds is 5. The van der Waals surface area contributed by atoms with Crippen molar-refractivity contribution in [3.8, 4) is 0 Å². The molecule has 1 aromatic carbocycles. The largest absolute Gasteiger partial charge is 0.368 e. The molecule has 23 heavy (non-hydrogen) atoms. The molecule has 0 spiro atoms. The average molecular weight is 330 g/mol. The summed E-state index contributed by atoms with van der Waals surface area (Å²) in [5.74, 6) is 0.169. The maximum Gasteiger partial charge on any atom is 0.228 e. The summed E-state index contributed by atoms with van der Waals surface area (Å²) >= 11 is 1.59. The molecule has 122 valence electrons. The molecule has 0 unspecified atom stereocenters. The summed E-state index contributed by atoms with van der Waals surface area (Å²) in [5.41, 5.74) is 7.63. The first-order valence-electron chi connectivity index (χ1n) is 7.97. The van der Waals surface area contributed by atoms with Crippen LogP contribution < -0.4 is 10.6 Å². The van der Waals surface area contributed by atoms with Crippen molar-refractivity contribution in [1.82, 2.24) is 9.88 Å². The third-order valence-corrected chi connectivity index (χ3v) is 5.00. The molecule has 1 fully saturated rings. The first-order chi connectivity index (χ1) is 11.3. The van der Waals surface area contributed by atoms with Gasteiger partial charge in [-0.15, -0.1) is 11.3 Å². The number of aromatic nitrogens is 1. The van der Waals surface area contributed by atoms with Crippen LogP contribution in [0.3, 0.4) is 0 Å². The number of carbonyl (C=O) groups excluding carboxylic acids is 1. The van der Waals surface area contributed by atoms with Crippen LogP contribution in [-0.2, 0) is 17.6 Å². The Labute approximate surface area is 140 Å². The maximum atomic E-state index is 12.4. The van der Waals surface area contributed by atoms with Gasteiger partial charge in [0.25, 0.3) is 0 Å². The van der Waals surface area contributed by atoms with Crippen LogP contribution in [0.1, 0.15) is 10.7 Å². The van der Waals surface area contributed by atoms with Gasteiger partial charge in [-0.3, -0.25) is 4.79 Å². The molecule has 1 saturated heterocycles. The van der Waals surface area contributed by atoms with E-state index in [1.807, 2.05) is 28.5 Å². The highest BCUT2D eigenvalue weighted by Crippen LogP contribution is 2.16. The molecule has 1 aromatic heterocycles. The van der Waals surface area contributed by atoms with Crippen LogP contribution in [0.25, 0.3) is 0 Å². The molecule has 0 aliphatic carbocycles. The van der Waals surface area contributed by atoms with Gasteiger partial charge < -0.3 is 15.5 Å². The molecule has 6 heteroatoms. The summed E-state index contributed by atoms with van der Waals surface area (Å²) in [7, 11) is 0. The Morgan fingerprint density at radius 2 is 1.91 bits per heavy atom. The summed E-state index contributed by atoms with van der Waals surface area (Å²) in [4.78, 5) is 21.2. The van der Waals surface area contributed by atoms with E-state index < -0.39 is 0 Å². The van der Waals surface area contributed by atoms with Crippen molar-refractivity contribution >= 4 is 22.9 Å². The molecule has 0 bridgehead atoms. The number of benzene rings is 1. The van der Waals surface area contributed by atoms with Crippen LogP contribution in [0, 0.1) is 0 Å². The van der Waals surface area contributed by atoms with Crippen LogP contribution in [0.4, 0.5) is 5.69 Å². The molecule has 0 radical (unpaired) electrons. The first-order valence-corrected chi connectivity index (χ1v) is 8.85. The highest BCUT2D eigenvalue weighted by Gasteiger charge is 2.21. The zero-order valence-corrected chi connectivity index (χ0v) is 14.0. The molecule has 0 saturated carbocycles. The summed E-state index contributed by atoms with van der Waals surface area (Å²) < 4.78 is 0. The van der Waals surface area contributed by atoms with Crippen molar-refractivity contribution in [3.05, 3.63) is 46.4 Å². The van der Waals surface area contributed by atoms with Gasteiger partial charge in [0.2, 0.25) is 5.91 Å². The minimum Gasteiger partial charge on any atom is -0.368 e. The van der Waals surface area contributed by atoms with E-state index in [-0.39, 0.29) is 5.91 Å². The lowest BCUT2D eigenvalue weighted by molar-refractivity contribution is -0.130. The second-order valence-corrected chi connectivity index (χ2v) is 6.59. The Morgan fingerprint density at radius 3 is 2.61 bits per heavy atom. The molecule has 3 rings (SSSR count). The number of amides is 1. The van der Waals surface area contributed by atoms with Crippen molar-refractivity contribution in [2.24, 2.45) is 5.73 Å². The highest BCUT2D eigenvalue weighted by molar-refractivity contribution is 7.09. The predicted octanol–water partition coefficient (Wildman–Crippen LogP) is 1.54. The van der Waals surface area contributed by atoms with Crippen molar-refractivity contribution in [2.45, 2.75) is 12.8 Å². The Balaban J connectivity index is 1.51. The SMILES string of the molecule is NCCc1nc(CC(=O)N2CCN(c3ccccc3)CC2)cs1. The zero-order chi connectivity index (χ0) is 16.1. The molecule has 2 heterocycles. The van der Waals surface area contributed by atoms with E-state index in [0.29, 0.717) is 13.0 Å². The number of anilines is 1. The van der Waals surface area contributed by atoms with Crippen LogP contribution >= 0.6 is 11.3 Å². The Morgan fingerprint density at radius 1 is 1.17 bits per heavy atom. The van der Waals surface area contributed by atoms with E-state index in [1.165, 1.54) is 5.69 Å². The number of nitrogens with zero attached hydrogens (tertiary/aromatic N) is 3. The first kappa shape index (κ1) is 16.0. The van der Waals surface area contributed by atoms with Crippen LogP contribution in [0.15, 0.2) is 35.7 Å². The Kier molecular flexibility index (Phi) is 5.25. The molecule has 1 aliphatic heterocycles. The van der Waals surface area contributed by atoms with E-state index in [1.54, 1.807) is 11.3 Å². The number of para-hydroxylation sites is 1. The lowest BCUT2D eigenvalue weighted by Crippen LogP contribution is -2.49. The van der Waals surface area contributed by atoms with Gasteiger partial charge in [0.05, 0.1) is 17.1 Å².